The smallest absolute Gasteiger partial charge is 0.315 e. The molecule has 138 valence electrons. The van der Waals surface area contributed by atoms with Crippen LogP contribution in [0.5, 0.6) is 5.75 Å². The van der Waals surface area contributed by atoms with Gasteiger partial charge in [-0.25, -0.2) is 4.79 Å². The molecule has 1 aliphatic rings. The number of nitrogens with one attached hydrogen (secondary N) is 2. The summed E-state index contributed by atoms with van der Waals surface area (Å²) in [5.74, 6) is -0.426. The number of hydrogen-bond donors (Lipinski definition) is 3. The number of hydrogen-bond acceptors (Lipinski definition) is 3. The molecule has 7 heteroatoms. The van der Waals surface area contributed by atoms with Gasteiger partial charge in [0.2, 0.25) is 0 Å². The molecule has 1 aromatic carbocycles. The van der Waals surface area contributed by atoms with Crippen molar-refractivity contribution in [1.82, 2.24) is 10.6 Å². The number of carboxylic acids is 1. The molecule has 25 heavy (non-hydrogen) atoms. The van der Waals surface area contributed by atoms with Crippen LogP contribution < -0.4 is 15.4 Å². The first-order valence-electron chi connectivity index (χ1n) is 8.68. The van der Waals surface area contributed by atoms with Crippen LogP contribution in [0.1, 0.15) is 39.0 Å². The lowest BCUT2D eigenvalue weighted by atomic mass is 9.86. The monoisotopic (exact) mass is 368 g/mol. The van der Waals surface area contributed by atoms with E-state index in [9.17, 15) is 9.59 Å². The minimum Gasteiger partial charge on any atom is -0.487 e. The summed E-state index contributed by atoms with van der Waals surface area (Å²) in [7, 11) is 0. The van der Waals surface area contributed by atoms with Gasteiger partial charge < -0.3 is 20.5 Å². The number of halogens is 1. The first-order valence-corrected chi connectivity index (χ1v) is 9.05. The molecular weight excluding hydrogens is 344 g/mol. The summed E-state index contributed by atoms with van der Waals surface area (Å²) in [5, 5.41) is 15.3. The summed E-state index contributed by atoms with van der Waals surface area (Å²) in [4.78, 5) is 23.0. The van der Waals surface area contributed by atoms with E-state index < -0.39 is 5.97 Å². The van der Waals surface area contributed by atoms with E-state index in [4.69, 9.17) is 21.4 Å². The van der Waals surface area contributed by atoms with E-state index in [1.165, 1.54) is 0 Å². The number of carboxylic acid groups (broad SMARTS) is 1. The fourth-order valence-electron chi connectivity index (χ4n) is 2.92. The maximum atomic E-state index is 12.0. The van der Waals surface area contributed by atoms with Crippen LogP contribution >= 0.6 is 11.6 Å². The maximum Gasteiger partial charge on any atom is 0.315 e. The van der Waals surface area contributed by atoms with Crippen LogP contribution in [-0.4, -0.2) is 35.8 Å². The zero-order valence-corrected chi connectivity index (χ0v) is 15.1. The normalized spacial score (nSPS) is 21.2. The number of aliphatic carboxylic acids is 1. The van der Waals surface area contributed by atoms with Crippen molar-refractivity contribution < 1.29 is 19.4 Å². The van der Waals surface area contributed by atoms with Crippen LogP contribution in [0.25, 0.3) is 0 Å². The van der Waals surface area contributed by atoms with Gasteiger partial charge in [-0.1, -0.05) is 30.7 Å². The third-order valence-electron chi connectivity index (χ3n) is 4.49. The Morgan fingerprint density at radius 3 is 2.56 bits per heavy atom. The van der Waals surface area contributed by atoms with Gasteiger partial charge in [-0.2, -0.15) is 0 Å². The van der Waals surface area contributed by atoms with Gasteiger partial charge in [0.15, 0.2) is 0 Å². The fraction of sp³-hybridized carbons (Fsp3) is 0.556. The largest absolute Gasteiger partial charge is 0.487 e. The molecule has 1 fully saturated rings. The lowest BCUT2D eigenvalue weighted by Gasteiger charge is -2.27. The molecule has 1 unspecified atom stereocenters. The molecule has 0 bridgehead atoms. The second kappa shape index (κ2) is 9.51. The molecule has 0 spiro atoms. The maximum absolute atomic E-state index is 12.0. The van der Waals surface area contributed by atoms with Gasteiger partial charge in [-0.3, -0.25) is 4.79 Å². The second-order valence-corrected chi connectivity index (χ2v) is 6.73. The summed E-state index contributed by atoms with van der Waals surface area (Å²) in [6, 6.07) is 7.02. The van der Waals surface area contributed by atoms with Gasteiger partial charge in [0.05, 0.1) is 17.5 Å². The number of carbonyl (C=O) groups excluding carboxylic acids is 1. The highest BCUT2D eigenvalue weighted by Crippen LogP contribution is 2.25. The third-order valence-corrected chi connectivity index (χ3v) is 4.80. The molecule has 3 N–H and O–H groups in total. The van der Waals surface area contributed by atoms with Gasteiger partial charge in [-0.05, 0) is 44.2 Å². The highest BCUT2D eigenvalue weighted by molar-refractivity contribution is 6.32. The zero-order valence-electron chi connectivity index (χ0n) is 14.3. The van der Waals surface area contributed by atoms with Crippen molar-refractivity contribution in [3.8, 4) is 5.75 Å². The second-order valence-electron chi connectivity index (χ2n) is 6.32. The predicted molar refractivity (Wildman–Crippen MR) is 96.1 cm³/mol. The molecule has 1 atom stereocenters. The quantitative estimate of drug-likeness (QED) is 0.688. The molecule has 2 amide bonds. The molecule has 0 aromatic heterocycles. The summed E-state index contributed by atoms with van der Waals surface area (Å²) < 4.78 is 5.84. The third kappa shape index (κ3) is 6.12. The number of carbonyl (C=O) groups is 2. The first kappa shape index (κ1) is 19.4. The zero-order chi connectivity index (χ0) is 18.2. The van der Waals surface area contributed by atoms with Crippen molar-refractivity contribution in [3.63, 3.8) is 0 Å². The van der Waals surface area contributed by atoms with E-state index >= 15 is 0 Å². The van der Waals surface area contributed by atoms with E-state index in [-0.39, 0.29) is 24.1 Å². The average molecular weight is 369 g/mol. The summed E-state index contributed by atoms with van der Waals surface area (Å²) in [6.45, 7) is 2.35. The van der Waals surface area contributed by atoms with Crippen LogP contribution in [0.3, 0.4) is 0 Å². The molecule has 1 aliphatic carbocycles. The van der Waals surface area contributed by atoms with Gasteiger partial charge in [-0.15, -0.1) is 0 Å². The Kier molecular flexibility index (Phi) is 7.37. The van der Waals surface area contributed by atoms with Crippen molar-refractivity contribution in [2.75, 3.05) is 6.54 Å². The predicted octanol–water partition coefficient (Wildman–Crippen LogP) is 3.44. The molecule has 0 radical (unpaired) electrons. The summed E-state index contributed by atoms with van der Waals surface area (Å²) in [5.41, 5.74) is 0. The van der Waals surface area contributed by atoms with Crippen molar-refractivity contribution in [2.24, 2.45) is 5.92 Å². The number of rotatable bonds is 7. The van der Waals surface area contributed by atoms with Crippen LogP contribution in [0.15, 0.2) is 24.3 Å². The van der Waals surface area contributed by atoms with Gasteiger partial charge in [0.25, 0.3) is 0 Å². The molecular formula is C18H25ClN2O4. The molecule has 1 aromatic rings. The standard InChI is InChI=1S/C18H25ClN2O4/c1-2-14(25-16-6-4-3-5-15(16)19)11-20-18(24)21-13-9-7-12(8-10-13)17(22)23/h3-6,12-14H,2,7-11H2,1H3,(H,22,23)(H2,20,21,24). The fourth-order valence-corrected chi connectivity index (χ4v) is 3.10. The topological polar surface area (TPSA) is 87.7 Å². The summed E-state index contributed by atoms with van der Waals surface area (Å²) in [6.07, 6.45) is 3.15. The number of para-hydroxylation sites is 1. The molecule has 2 rings (SSSR count). The average Bonchev–Trinajstić information content (AvgIpc) is 2.60. The minimum atomic E-state index is -0.745. The van der Waals surface area contributed by atoms with Crippen molar-refractivity contribution >= 4 is 23.6 Å². The van der Waals surface area contributed by atoms with Crippen molar-refractivity contribution in [2.45, 2.75) is 51.2 Å². The Hall–Kier alpha value is -1.95. The lowest BCUT2D eigenvalue weighted by molar-refractivity contribution is -0.142. The van der Waals surface area contributed by atoms with Gasteiger partial charge in [0, 0.05) is 6.04 Å². The Balaban J connectivity index is 1.73. The minimum absolute atomic E-state index is 0.0279. The Morgan fingerprint density at radius 1 is 1.28 bits per heavy atom. The number of urea groups is 1. The molecule has 0 aliphatic heterocycles. The Labute approximate surface area is 152 Å². The highest BCUT2D eigenvalue weighted by atomic mass is 35.5. The van der Waals surface area contributed by atoms with Crippen LogP contribution in [-0.2, 0) is 4.79 Å². The molecule has 1 saturated carbocycles. The number of ether oxygens (including phenoxy) is 1. The summed E-state index contributed by atoms with van der Waals surface area (Å²) >= 11 is 6.08. The van der Waals surface area contributed by atoms with E-state index in [0.717, 1.165) is 6.42 Å². The molecule has 0 heterocycles. The van der Waals surface area contributed by atoms with Crippen LogP contribution in [0, 0.1) is 5.92 Å². The number of benzene rings is 1. The lowest BCUT2D eigenvalue weighted by Crippen LogP contribution is -2.46. The number of amides is 2. The Bertz CT molecular complexity index is 588. The van der Waals surface area contributed by atoms with Crippen molar-refractivity contribution in [3.05, 3.63) is 29.3 Å². The SMILES string of the molecule is CCC(CNC(=O)NC1CCC(C(=O)O)CC1)Oc1ccccc1Cl. The highest BCUT2D eigenvalue weighted by Gasteiger charge is 2.26. The Morgan fingerprint density at radius 2 is 1.96 bits per heavy atom. The van der Waals surface area contributed by atoms with Crippen LogP contribution in [0.4, 0.5) is 4.79 Å². The van der Waals surface area contributed by atoms with E-state index in [0.29, 0.717) is 43.0 Å². The van der Waals surface area contributed by atoms with Crippen LogP contribution in [0.2, 0.25) is 5.02 Å². The van der Waals surface area contributed by atoms with E-state index in [1.807, 2.05) is 19.1 Å². The molecule has 0 saturated heterocycles. The van der Waals surface area contributed by atoms with Crippen molar-refractivity contribution in [1.29, 1.82) is 0 Å². The molecule has 6 nitrogen and oxygen atoms in total. The van der Waals surface area contributed by atoms with Gasteiger partial charge >= 0.3 is 12.0 Å². The van der Waals surface area contributed by atoms with Gasteiger partial charge in [0.1, 0.15) is 11.9 Å². The van der Waals surface area contributed by atoms with E-state index in [2.05, 4.69) is 10.6 Å². The first-order chi connectivity index (χ1) is 12.0. The van der Waals surface area contributed by atoms with E-state index in [1.54, 1.807) is 12.1 Å².